The monoisotopic (exact) mass is 355 g/mol. The van der Waals surface area contributed by atoms with Crippen molar-refractivity contribution in [3.8, 4) is 5.69 Å². The number of hydrogen-bond donors (Lipinski definition) is 1. The fraction of sp³-hybridized carbons (Fsp3) is 0. The second-order valence-electron chi connectivity index (χ2n) is 4.01. The fourth-order valence-corrected chi connectivity index (χ4v) is 3.02. The highest BCUT2D eigenvalue weighted by Crippen LogP contribution is 2.33. The lowest BCUT2D eigenvalue weighted by Gasteiger charge is -2.09. The first-order chi connectivity index (χ1) is 9.08. The fourth-order valence-electron chi connectivity index (χ4n) is 2.01. The smallest absolute Gasteiger partial charge is 0.206 e. The molecule has 0 saturated heterocycles. The van der Waals surface area contributed by atoms with E-state index in [0.717, 1.165) is 21.2 Å². The maximum Gasteiger partial charge on any atom is 0.206 e. The van der Waals surface area contributed by atoms with Crippen molar-refractivity contribution >= 4 is 56.1 Å². The number of benzene rings is 2. The molecule has 0 radical (unpaired) electrons. The van der Waals surface area contributed by atoms with Gasteiger partial charge in [0.2, 0.25) is 5.95 Å². The summed E-state index contributed by atoms with van der Waals surface area (Å²) in [6.45, 7) is 0. The number of hydrogen-bond acceptors (Lipinski definition) is 2. The average molecular weight is 357 g/mol. The van der Waals surface area contributed by atoms with Gasteiger partial charge in [-0.05, 0) is 30.3 Å². The van der Waals surface area contributed by atoms with E-state index in [1.807, 2.05) is 24.3 Å². The van der Waals surface area contributed by atoms with Crippen molar-refractivity contribution in [3.05, 3.63) is 50.9 Å². The van der Waals surface area contributed by atoms with Crippen LogP contribution >= 0.6 is 39.1 Å². The lowest BCUT2D eigenvalue weighted by atomic mass is 10.3. The number of rotatable bonds is 1. The van der Waals surface area contributed by atoms with Crippen LogP contribution in [0.15, 0.2) is 40.9 Å². The molecule has 3 rings (SSSR count). The summed E-state index contributed by atoms with van der Waals surface area (Å²) in [5.41, 5.74) is 8.23. The van der Waals surface area contributed by atoms with E-state index < -0.39 is 0 Å². The van der Waals surface area contributed by atoms with Gasteiger partial charge in [-0.3, -0.25) is 4.57 Å². The van der Waals surface area contributed by atoms with Crippen LogP contribution in [0.4, 0.5) is 5.95 Å². The molecule has 3 nitrogen and oxygen atoms in total. The van der Waals surface area contributed by atoms with E-state index in [-0.39, 0.29) is 0 Å². The van der Waals surface area contributed by atoms with E-state index in [1.54, 1.807) is 16.7 Å². The molecule has 96 valence electrons. The van der Waals surface area contributed by atoms with Gasteiger partial charge in [-0.15, -0.1) is 0 Å². The van der Waals surface area contributed by atoms with Gasteiger partial charge in [-0.1, -0.05) is 45.2 Å². The Hall–Kier alpha value is -1.23. The number of nitrogens with two attached hydrogens (primary N) is 1. The number of imidazole rings is 1. The summed E-state index contributed by atoms with van der Waals surface area (Å²) in [5.74, 6) is 0.354. The van der Waals surface area contributed by atoms with Crippen molar-refractivity contribution in [2.45, 2.75) is 0 Å². The molecule has 0 atom stereocenters. The van der Waals surface area contributed by atoms with Gasteiger partial charge in [0.25, 0.3) is 0 Å². The van der Waals surface area contributed by atoms with Crippen molar-refractivity contribution in [2.24, 2.45) is 0 Å². The Morgan fingerprint density at radius 1 is 1.11 bits per heavy atom. The zero-order valence-electron chi connectivity index (χ0n) is 9.57. The predicted molar refractivity (Wildman–Crippen MR) is 83.2 cm³/mol. The average Bonchev–Trinajstić information content (AvgIpc) is 2.67. The van der Waals surface area contributed by atoms with Gasteiger partial charge < -0.3 is 5.73 Å². The van der Waals surface area contributed by atoms with Gasteiger partial charge >= 0.3 is 0 Å². The minimum atomic E-state index is 0.354. The Bertz CT molecular complexity index is 783. The maximum atomic E-state index is 6.27. The van der Waals surface area contributed by atoms with Crippen LogP contribution in [0.2, 0.25) is 10.0 Å². The van der Waals surface area contributed by atoms with E-state index >= 15 is 0 Å². The highest BCUT2D eigenvalue weighted by atomic mass is 79.9. The number of fused-ring (bicyclic) bond motifs is 1. The number of aromatic nitrogens is 2. The summed E-state index contributed by atoms with van der Waals surface area (Å²) in [5, 5.41) is 1.15. The van der Waals surface area contributed by atoms with Gasteiger partial charge in [0.1, 0.15) is 0 Å². The Balaban J connectivity index is 2.39. The van der Waals surface area contributed by atoms with Crippen LogP contribution in [0.1, 0.15) is 0 Å². The first kappa shape index (κ1) is 12.8. The summed E-state index contributed by atoms with van der Waals surface area (Å²) >= 11 is 15.9. The highest BCUT2D eigenvalue weighted by Gasteiger charge is 2.15. The minimum Gasteiger partial charge on any atom is -0.369 e. The summed E-state index contributed by atoms with van der Waals surface area (Å²) in [6.07, 6.45) is 0. The third-order valence-electron chi connectivity index (χ3n) is 2.80. The van der Waals surface area contributed by atoms with Crippen molar-refractivity contribution in [1.29, 1.82) is 0 Å². The highest BCUT2D eigenvalue weighted by molar-refractivity contribution is 9.10. The molecule has 1 heterocycles. The summed E-state index contributed by atoms with van der Waals surface area (Å²) in [6, 6.07) is 11.1. The molecule has 0 aliphatic carbocycles. The molecule has 1 aromatic heterocycles. The normalized spacial score (nSPS) is 11.1. The number of anilines is 1. The number of halogens is 3. The summed E-state index contributed by atoms with van der Waals surface area (Å²) in [4.78, 5) is 4.30. The molecule has 0 aliphatic rings. The topological polar surface area (TPSA) is 43.8 Å². The molecule has 3 aromatic rings. The molecule has 6 heteroatoms. The molecule has 0 aliphatic heterocycles. The molecule has 19 heavy (non-hydrogen) atoms. The van der Waals surface area contributed by atoms with Gasteiger partial charge in [-0.2, -0.15) is 0 Å². The molecular formula is C13H8BrCl2N3. The van der Waals surface area contributed by atoms with Crippen LogP contribution in [0, 0.1) is 0 Å². The second-order valence-corrected chi connectivity index (χ2v) is 5.74. The predicted octanol–water partition coefficient (Wildman–Crippen LogP) is 4.68. The first-order valence-corrected chi connectivity index (χ1v) is 7.00. The summed E-state index contributed by atoms with van der Waals surface area (Å²) < 4.78 is 2.65. The molecule has 0 amide bonds. The zero-order chi connectivity index (χ0) is 13.6. The SMILES string of the molecule is Nc1nc2cccc(Cl)c2n1-c1ccc(Br)cc1Cl. The first-order valence-electron chi connectivity index (χ1n) is 5.46. The zero-order valence-corrected chi connectivity index (χ0v) is 12.7. The van der Waals surface area contributed by atoms with Crippen molar-refractivity contribution < 1.29 is 0 Å². The van der Waals surface area contributed by atoms with Gasteiger partial charge in [-0.25, -0.2) is 4.98 Å². The van der Waals surface area contributed by atoms with Crippen LogP contribution < -0.4 is 5.73 Å². The van der Waals surface area contributed by atoms with E-state index in [1.165, 1.54) is 0 Å². The van der Waals surface area contributed by atoms with Crippen LogP contribution in [0.3, 0.4) is 0 Å². The molecule has 0 fully saturated rings. The standard InChI is InChI=1S/C13H8BrCl2N3/c14-7-4-5-11(9(16)6-7)19-12-8(15)2-1-3-10(12)18-13(19)17/h1-6H,(H2,17,18). The van der Waals surface area contributed by atoms with Crippen molar-refractivity contribution in [2.75, 3.05) is 5.73 Å². The van der Waals surface area contributed by atoms with E-state index in [0.29, 0.717) is 16.0 Å². The summed E-state index contributed by atoms with van der Waals surface area (Å²) in [7, 11) is 0. The van der Waals surface area contributed by atoms with E-state index in [9.17, 15) is 0 Å². The van der Waals surface area contributed by atoms with Crippen LogP contribution in [-0.4, -0.2) is 9.55 Å². The van der Waals surface area contributed by atoms with Crippen molar-refractivity contribution in [1.82, 2.24) is 9.55 Å². The lowest BCUT2D eigenvalue weighted by Crippen LogP contribution is -2.01. The molecular weight excluding hydrogens is 349 g/mol. The maximum absolute atomic E-state index is 6.27. The second kappa shape index (κ2) is 4.71. The Morgan fingerprint density at radius 3 is 2.63 bits per heavy atom. The third kappa shape index (κ3) is 2.10. The molecule has 0 unspecified atom stereocenters. The number of nitrogens with zero attached hydrogens (tertiary/aromatic N) is 2. The minimum absolute atomic E-state index is 0.354. The Morgan fingerprint density at radius 2 is 1.89 bits per heavy atom. The third-order valence-corrected chi connectivity index (χ3v) is 3.90. The molecule has 0 bridgehead atoms. The van der Waals surface area contributed by atoms with E-state index in [4.69, 9.17) is 28.9 Å². The number of para-hydroxylation sites is 1. The Labute approximate surface area is 128 Å². The van der Waals surface area contributed by atoms with Crippen LogP contribution in [-0.2, 0) is 0 Å². The molecule has 2 N–H and O–H groups in total. The quantitative estimate of drug-likeness (QED) is 0.688. The molecule has 0 saturated carbocycles. The van der Waals surface area contributed by atoms with Gasteiger partial charge in [0.15, 0.2) is 0 Å². The van der Waals surface area contributed by atoms with Gasteiger partial charge in [0, 0.05) is 4.47 Å². The molecule has 2 aromatic carbocycles. The number of nitrogen functional groups attached to an aromatic ring is 1. The van der Waals surface area contributed by atoms with Gasteiger partial charge in [0.05, 0.1) is 26.8 Å². The van der Waals surface area contributed by atoms with Crippen molar-refractivity contribution in [3.63, 3.8) is 0 Å². The Kier molecular flexibility index (Phi) is 3.17. The van der Waals surface area contributed by atoms with Crippen LogP contribution in [0.5, 0.6) is 0 Å². The van der Waals surface area contributed by atoms with Crippen LogP contribution in [0.25, 0.3) is 16.7 Å². The lowest BCUT2D eigenvalue weighted by molar-refractivity contribution is 1.11. The largest absolute Gasteiger partial charge is 0.369 e. The molecule has 0 spiro atoms. The van der Waals surface area contributed by atoms with E-state index in [2.05, 4.69) is 20.9 Å².